The molecule has 2 aliphatic heterocycles. The van der Waals surface area contributed by atoms with Crippen molar-refractivity contribution >= 4 is 17.3 Å². The van der Waals surface area contributed by atoms with Crippen LogP contribution in [0.25, 0.3) is 0 Å². The van der Waals surface area contributed by atoms with Crippen molar-refractivity contribution in [2.24, 2.45) is 11.8 Å². The summed E-state index contributed by atoms with van der Waals surface area (Å²) in [7, 11) is 0. The molecule has 0 radical (unpaired) electrons. The summed E-state index contributed by atoms with van der Waals surface area (Å²) in [5.74, 6) is 0.180. The number of hydrogen-bond acceptors (Lipinski definition) is 6. The fourth-order valence-electron chi connectivity index (χ4n) is 2.95. The standard InChI is InChI=1S/C11H14O6S/c1-4(2)11(12)16-9-7-5-3-6(5)8(15-7)10(9)17-18(13)14/h5-10H,1,3H2,2H3,(H,13,14)/p-1. The molecule has 0 amide bonds. The predicted molar refractivity (Wildman–Crippen MR) is 58.7 cm³/mol. The monoisotopic (exact) mass is 273 g/mol. The van der Waals surface area contributed by atoms with E-state index >= 15 is 0 Å². The molecule has 6 nitrogen and oxygen atoms in total. The minimum atomic E-state index is -2.64. The van der Waals surface area contributed by atoms with Crippen LogP contribution >= 0.6 is 0 Å². The summed E-state index contributed by atoms with van der Waals surface area (Å²) < 4.78 is 37.1. The lowest BCUT2D eigenvalue weighted by atomic mass is 9.95. The largest absolute Gasteiger partial charge is 0.750 e. The van der Waals surface area contributed by atoms with E-state index in [-0.39, 0.29) is 17.8 Å². The van der Waals surface area contributed by atoms with Crippen molar-refractivity contribution in [3.63, 3.8) is 0 Å². The molecule has 0 aromatic carbocycles. The molecule has 0 aromatic heterocycles. The second-order valence-electron chi connectivity index (χ2n) is 5.04. The molecule has 2 saturated heterocycles. The highest BCUT2D eigenvalue weighted by atomic mass is 32.2. The number of esters is 1. The van der Waals surface area contributed by atoms with Crippen molar-refractivity contribution in [1.82, 2.24) is 0 Å². The smallest absolute Gasteiger partial charge is 0.333 e. The molecular weight excluding hydrogens is 260 g/mol. The topological polar surface area (TPSA) is 84.9 Å². The Bertz CT molecular complexity index is 435. The van der Waals surface area contributed by atoms with Gasteiger partial charge in [-0.15, -0.1) is 0 Å². The molecule has 3 rings (SSSR count). The maximum absolute atomic E-state index is 11.5. The van der Waals surface area contributed by atoms with Gasteiger partial charge in [0.05, 0.1) is 17.5 Å². The Hall–Kier alpha value is -0.760. The average Bonchev–Trinajstić information content (AvgIpc) is 2.91. The minimum absolute atomic E-state index is 0.239. The molecule has 1 saturated carbocycles. The first-order valence-electron chi connectivity index (χ1n) is 5.77. The lowest BCUT2D eigenvalue weighted by Gasteiger charge is -2.27. The molecule has 1 aliphatic carbocycles. The van der Waals surface area contributed by atoms with Crippen molar-refractivity contribution < 1.29 is 27.2 Å². The van der Waals surface area contributed by atoms with Gasteiger partial charge in [-0.3, -0.25) is 4.18 Å². The van der Waals surface area contributed by atoms with Gasteiger partial charge >= 0.3 is 5.97 Å². The molecule has 2 heterocycles. The van der Waals surface area contributed by atoms with Crippen molar-refractivity contribution in [3.8, 4) is 0 Å². The van der Waals surface area contributed by atoms with E-state index in [1.165, 1.54) is 6.92 Å². The van der Waals surface area contributed by atoms with E-state index in [2.05, 4.69) is 6.58 Å². The zero-order chi connectivity index (χ0) is 13.0. The van der Waals surface area contributed by atoms with Gasteiger partial charge in [0.25, 0.3) is 0 Å². The van der Waals surface area contributed by atoms with Gasteiger partial charge in [0.15, 0.2) is 6.10 Å². The SMILES string of the molecule is C=C(C)C(=O)OC1C2OC(C3CC32)C1OS(=O)[O-]. The number of carbonyl (C=O) groups is 1. The maximum atomic E-state index is 11.5. The second kappa shape index (κ2) is 4.12. The summed E-state index contributed by atoms with van der Waals surface area (Å²) in [5, 5.41) is 0. The third-order valence-electron chi connectivity index (χ3n) is 3.80. The number of hydrogen-bond donors (Lipinski definition) is 0. The van der Waals surface area contributed by atoms with Crippen LogP contribution in [0.1, 0.15) is 13.3 Å². The average molecular weight is 273 g/mol. The van der Waals surface area contributed by atoms with E-state index in [1.807, 2.05) is 0 Å². The Balaban J connectivity index is 1.75. The van der Waals surface area contributed by atoms with E-state index < -0.39 is 29.5 Å². The first-order chi connectivity index (χ1) is 8.49. The minimum Gasteiger partial charge on any atom is -0.750 e. The molecule has 2 bridgehead atoms. The summed E-state index contributed by atoms with van der Waals surface area (Å²) in [5.41, 5.74) is 0.270. The van der Waals surface area contributed by atoms with Crippen LogP contribution in [-0.2, 0) is 29.8 Å². The van der Waals surface area contributed by atoms with E-state index in [4.69, 9.17) is 13.7 Å². The third-order valence-corrected chi connectivity index (χ3v) is 4.18. The Labute approximate surface area is 107 Å². The quantitative estimate of drug-likeness (QED) is 0.409. The van der Waals surface area contributed by atoms with E-state index in [9.17, 15) is 13.6 Å². The van der Waals surface area contributed by atoms with Gasteiger partial charge < -0.3 is 14.0 Å². The Morgan fingerprint density at radius 1 is 1.39 bits per heavy atom. The summed E-state index contributed by atoms with van der Waals surface area (Å²) >= 11 is -2.64. The first-order valence-corrected chi connectivity index (χ1v) is 6.77. The van der Waals surface area contributed by atoms with Gasteiger partial charge in [-0.2, -0.15) is 0 Å². The molecule has 18 heavy (non-hydrogen) atoms. The van der Waals surface area contributed by atoms with Gasteiger partial charge in [-0.1, -0.05) is 6.58 Å². The molecule has 0 aromatic rings. The fourth-order valence-corrected chi connectivity index (χ4v) is 3.35. The summed E-state index contributed by atoms with van der Waals surface area (Å²) in [6.45, 7) is 5.04. The van der Waals surface area contributed by atoms with Crippen LogP contribution in [0.4, 0.5) is 0 Å². The highest BCUT2D eigenvalue weighted by Crippen LogP contribution is 2.60. The number of carbonyl (C=O) groups excluding carboxylic acids is 1. The molecule has 7 unspecified atom stereocenters. The molecule has 3 aliphatic rings. The number of fused-ring (bicyclic) bond motifs is 5. The van der Waals surface area contributed by atoms with Crippen LogP contribution in [-0.4, -0.2) is 39.1 Å². The normalized spacial score (nSPS) is 45.4. The fraction of sp³-hybridized carbons (Fsp3) is 0.727. The zero-order valence-corrected chi connectivity index (χ0v) is 10.6. The number of ether oxygens (including phenoxy) is 2. The highest BCUT2D eigenvalue weighted by molar-refractivity contribution is 7.74. The molecule has 100 valence electrons. The van der Waals surface area contributed by atoms with E-state index in [0.717, 1.165) is 6.42 Å². The van der Waals surface area contributed by atoms with Crippen LogP contribution < -0.4 is 0 Å². The zero-order valence-electron chi connectivity index (χ0n) is 9.74. The van der Waals surface area contributed by atoms with Crippen LogP contribution in [0.3, 0.4) is 0 Å². The van der Waals surface area contributed by atoms with Crippen molar-refractivity contribution in [1.29, 1.82) is 0 Å². The summed E-state index contributed by atoms with van der Waals surface area (Å²) in [6.07, 6.45) is -0.902. The Kier molecular flexibility index (Phi) is 2.81. The first kappa shape index (κ1) is 12.3. The van der Waals surface area contributed by atoms with Gasteiger partial charge in [0.1, 0.15) is 12.2 Å². The molecule has 3 fully saturated rings. The Morgan fingerprint density at radius 3 is 2.56 bits per heavy atom. The van der Waals surface area contributed by atoms with Gasteiger partial charge in [-0.25, -0.2) is 9.00 Å². The molecule has 7 atom stereocenters. The highest BCUT2D eigenvalue weighted by Gasteiger charge is 2.69. The lowest BCUT2D eigenvalue weighted by Crippen LogP contribution is -2.43. The van der Waals surface area contributed by atoms with Crippen LogP contribution in [0.5, 0.6) is 0 Å². The van der Waals surface area contributed by atoms with Crippen molar-refractivity contribution in [2.45, 2.75) is 37.8 Å². The van der Waals surface area contributed by atoms with E-state index in [1.54, 1.807) is 0 Å². The van der Waals surface area contributed by atoms with Crippen LogP contribution in [0.2, 0.25) is 0 Å². The van der Waals surface area contributed by atoms with Gasteiger partial charge in [0, 0.05) is 5.57 Å². The van der Waals surface area contributed by atoms with Crippen molar-refractivity contribution in [3.05, 3.63) is 12.2 Å². The molecular formula is C11H13O6S-. The molecule has 0 N–H and O–H groups in total. The molecule has 7 heteroatoms. The van der Waals surface area contributed by atoms with Gasteiger partial charge in [-0.05, 0) is 25.2 Å². The van der Waals surface area contributed by atoms with Crippen molar-refractivity contribution in [2.75, 3.05) is 0 Å². The summed E-state index contributed by atoms with van der Waals surface area (Å²) in [4.78, 5) is 11.5. The van der Waals surface area contributed by atoms with E-state index in [0.29, 0.717) is 11.8 Å². The maximum Gasteiger partial charge on any atom is 0.333 e. The summed E-state index contributed by atoms with van der Waals surface area (Å²) in [6, 6.07) is 0. The van der Waals surface area contributed by atoms with Gasteiger partial charge in [0.2, 0.25) is 0 Å². The Morgan fingerprint density at radius 2 is 2.00 bits per heavy atom. The third kappa shape index (κ3) is 1.82. The second-order valence-corrected chi connectivity index (χ2v) is 5.64. The predicted octanol–water partition coefficient (Wildman–Crippen LogP) is 0.0707. The molecule has 0 spiro atoms. The number of rotatable bonds is 4. The lowest BCUT2D eigenvalue weighted by molar-refractivity contribution is -0.150. The van der Waals surface area contributed by atoms with Crippen LogP contribution in [0, 0.1) is 11.8 Å². The van der Waals surface area contributed by atoms with Crippen LogP contribution in [0.15, 0.2) is 12.2 Å².